The fourth-order valence-corrected chi connectivity index (χ4v) is 2.25. The largest absolute Gasteiger partial charge is 0.492 e. The molecule has 17 heavy (non-hydrogen) atoms. The maximum Gasteiger partial charge on any atom is 0.137 e. The van der Waals surface area contributed by atoms with Gasteiger partial charge in [-0.25, -0.2) is 0 Å². The van der Waals surface area contributed by atoms with Gasteiger partial charge in [-0.15, -0.1) is 0 Å². The summed E-state index contributed by atoms with van der Waals surface area (Å²) in [5, 5.41) is 0. The molecule has 1 unspecified atom stereocenters. The molecule has 2 rings (SSSR count). The molecule has 0 radical (unpaired) electrons. The molecule has 1 fully saturated rings. The average molecular weight is 233 g/mol. The van der Waals surface area contributed by atoms with Gasteiger partial charge in [-0.3, -0.25) is 4.90 Å². The van der Waals surface area contributed by atoms with Crippen LogP contribution in [0.5, 0.6) is 5.75 Å². The summed E-state index contributed by atoms with van der Waals surface area (Å²) >= 11 is 0. The molecule has 1 heterocycles. The van der Waals surface area contributed by atoms with Crippen molar-refractivity contribution in [3.63, 3.8) is 0 Å². The molecule has 3 nitrogen and oxygen atoms in total. The highest BCUT2D eigenvalue weighted by molar-refractivity contribution is 5.57. The number of hydrogen-bond acceptors (Lipinski definition) is 3. The first kappa shape index (κ1) is 12.1. The molecule has 1 aliphatic rings. The highest BCUT2D eigenvalue weighted by atomic mass is 16.5. The lowest BCUT2D eigenvalue weighted by atomic mass is 10.0. The van der Waals surface area contributed by atoms with Crippen LogP contribution in [0.3, 0.4) is 0 Å². The zero-order chi connectivity index (χ0) is 11.9. The molecule has 0 aliphatic carbocycles. The standard InChI is InChI=1S/C14H19NO2/c16-12-13-6-4-5-9-15(13)10-11-17-14-7-2-1-3-8-14/h1-3,7-8,12-13H,4-6,9-11H2. The number of carbonyl (C=O) groups is 1. The van der Waals surface area contributed by atoms with Crippen LogP contribution in [-0.2, 0) is 4.79 Å². The minimum atomic E-state index is 0.100. The topological polar surface area (TPSA) is 29.5 Å². The Balaban J connectivity index is 1.75. The van der Waals surface area contributed by atoms with Crippen molar-refractivity contribution in [3.05, 3.63) is 30.3 Å². The lowest BCUT2D eigenvalue weighted by Gasteiger charge is -2.31. The summed E-state index contributed by atoms with van der Waals surface area (Å²) in [4.78, 5) is 13.1. The maximum absolute atomic E-state index is 10.9. The molecule has 1 aliphatic heterocycles. The number of rotatable bonds is 5. The second kappa shape index (κ2) is 6.40. The lowest BCUT2D eigenvalue weighted by molar-refractivity contribution is -0.113. The molecule has 1 saturated heterocycles. The van der Waals surface area contributed by atoms with Gasteiger partial charge in [0.2, 0.25) is 0 Å². The quantitative estimate of drug-likeness (QED) is 0.730. The SMILES string of the molecule is O=CC1CCCCN1CCOc1ccccc1. The number of para-hydroxylation sites is 1. The third-order valence-electron chi connectivity index (χ3n) is 3.21. The fourth-order valence-electron chi connectivity index (χ4n) is 2.25. The second-order valence-corrected chi connectivity index (χ2v) is 4.40. The molecule has 1 aromatic rings. The van der Waals surface area contributed by atoms with Gasteiger partial charge in [0.05, 0.1) is 6.04 Å². The van der Waals surface area contributed by atoms with E-state index >= 15 is 0 Å². The van der Waals surface area contributed by atoms with E-state index in [9.17, 15) is 4.79 Å². The Morgan fingerprint density at radius 1 is 1.29 bits per heavy atom. The molecule has 1 atom stereocenters. The highest BCUT2D eigenvalue weighted by Gasteiger charge is 2.21. The van der Waals surface area contributed by atoms with Crippen molar-refractivity contribution in [1.82, 2.24) is 4.90 Å². The molecule has 0 spiro atoms. The predicted molar refractivity (Wildman–Crippen MR) is 67.2 cm³/mol. The first-order chi connectivity index (χ1) is 8.40. The molecule has 92 valence electrons. The van der Waals surface area contributed by atoms with E-state index in [1.165, 1.54) is 12.8 Å². The molecule has 0 saturated carbocycles. The molecule has 0 amide bonds. The monoisotopic (exact) mass is 233 g/mol. The number of aldehydes is 1. The summed E-state index contributed by atoms with van der Waals surface area (Å²) in [6.07, 6.45) is 4.42. The molecule has 0 aromatic heterocycles. The van der Waals surface area contributed by atoms with E-state index in [1.54, 1.807) is 0 Å². The Morgan fingerprint density at radius 3 is 2.88 bits per heavy atom. The van der Waals surface area contributed by atoms with Gasteiger partial charge in [0.15, 0.2) is 0 Å². The van der Waals surface area contributed by atoms with E-state index in [2.05, 4.69) is 4.90 Å². The number of piperidine rings is 1. The number of benzene rings is 1. The predicted octanol–water partition coefficient (Wildman–Crippen LogP) is 2.12. The van der Waals surface area contributed by atoms with Gasteiger partial charge < -0.3 is 9.53 Å². The van der Waals surface area contributed by atoms with Crippen LogP contribution in [0.1, 0.15) is 19.3 Å². The van der Waals surface area contributed by atoms with Crippen molar-refractivity contribution in [2.75, 3.05) is 19.7 Å². The van der Waals surface area contributed by atoms with Gasteiger partial charge in [0.25, 0.3) is 0 Å². The molecule has 1 aromatic carbocycles. The van der Waals surface area contributed by atoms with E-state index in [-0.39, 0.29) is 6.04 Å². The van der Waals surface area contributed by atoms with Gasteiger partial charge in [-0.2, -0.15) is 0 Å². The zero-order valence-corrected chi connectivity index (χ0v) is 10.0. The number of carbonyl (C=O) groups excluding carboxylic acids is 1. The zero-order valence-electron chi connectivity index (χ0n) is 10.0. The summed E-state index contributed by atoms with van der Waals surface area (Å²) in [6.45, 7) is 2.49. The van der Waals surface area contributed by atoms with Crippen molar-refractivity contribution in [2.45, 2.75) is 25.3 Å². The van der Waals surface area contributed by atoms with Gasteiger partial charge in [0, 0.05) is 6.54 Å². The Kier molecular flexibility index (Phi) is 4.56. The van der Waals surface area contributed by atoms with E-state index < -0.39 is 0 Å². The normalized spacial score (nSPS) is 21.1. The van der Waals surface area contributed by atoms with Crippen LogP contribution >= 0.6 is 0 Å². The summed E-state index contributed by atoms with van der Waals surface area (Å²) < 4.78 is 5.64. The molecule has 0 bridgehead atoms. The molecule has 0 N–H and O–H groups in total. The van der Waals surface area contributed by atoms with Crippen LogP contribution in [0, 0.1) is 0 Å². The van der Waals surface area contributed by atoms with E-state index in [0.29, 0.717) is 6.61 Å². The van der Waals surface area contributed by atoms with Gasteiger partial charge in [-0.1, -0.05) is 24.6 Å². The van der Waals surface area contributed by atoms with Gasteiger partial charge in [0.1, 0.15) is 18.6 Å². The second-order valence-electron chi connectivity index (χ2n) is 4.40. The molecule has 3 heteroatoms. The number of hydrogen-bond donors (Lipinski definition) is 0. The minimum Gasteiger partial charge on any atom is -0.492 e. The number of nitrogens with zero attached hydrogens (tertiary/aromatic N) is 1. The van der Waals surface area contributed by atoms with Crippen LogP contribution in [-0.4, -0.2) is 36.9 Å². The number of likely N-dealkylation sites (tertiary alicyclic amines) is 1. The fraction of sp³-hybridized carbons (Fsp3) is 0.500. The third-order valence-corrected chi connectivity index (χ3v) is 3.21. The molecular weight excluding hydrogens is 214 g/mol. The smallest absolute Gasteiger partial charge is 0.137 e. The van der Waals surface area contributed by atoms with Crippen molar-refractivity contribution in [3.8, 4) is 5.75 Å². The average Bonchev–Trinajstić information content (AvgIpc) is 2.40. The Labute approximate surface area is 102 Å². The van der Waals surface area contributed by atoms with Gasteiger partial charge >= 0.3 is 0 Å². The summed E-state index contributed by atoms with van der Waals surface area (Å²) in [5.74, 6) is 0.896. The lowest BCUT2D eigenvalue weighted by Crippen LogP contribution is -2.42. The van der Waals surface area contributed by atoms with E-state index in [1.807, 2.05) is 30.3 Å². The highest BCUT2D eigenvalue weighted by Crippen LogP contribution is 2.15. The molecular formula is C14H19NO2. The van der Waals surface area contributed by atoms with Crippen LogP contribution in [0.4, 0.5) is 0 Å². The van der Waals surface area contributed by atoms with Crippen LogP contribution < -0.4 is 4.74 Å². The summed E-state index contributed by atoms with van der Waals surface area (Å²) in [5.41, 5.74) is 0. The van der Waals surface area contributed by atoms with Crippen molar-refractivity contribution in [2.24, 2.45) is 0 Å². The van der Waals surface area contributed by atoms with Crippen LogP contribution in [0.25, 0.3) is 0 Å². The Morgan fingerprint density at radius 2 is 2.12 bits per heavy atom. The van der Waals surface area contributed by atoms with E-state index in [4.69, 9.17) is 4.74 Å². The maximum atomic E-state index is 10.9. The third kappa shape index (κ3) is 3.56. The van der Waals surface area contributed by atoms with Crippen molar-refractivity contribution in [1.29, 1.82) is 0 Å². The van der Waals surface area contributed by atoms with Crippen LogP contribution in [0.15, 0.2) is 30.3 Å². The first-order valence-electron chi connectivity index (χ1n) is 6.27. The first-order valence-corrected chi connectivity index (χ1v) is 6.27. The van der Waals surface area contributed by atoms with Crippen molar-refractivity contribution < 1.29 is 9.53 Å². The Hall–Kier alpha value is -1.35. The summed E-state index contributed by atoms with van der Waals surface area (Å²) in [7, 11) is 0. The minimum absolute atomic E-state index is 0.100. The van der Waals surface area contributed by atoms with E-state index in [0.717, 1.165) is 31.5 Å². The van der Waals surface area contributed by atoms with Crippen LogP contribution in [0.2, 0.25) is 0 Å². The van der Waals surface area contributed by atoms with Crippen molar-refractivity contribution >= 4 is 6.29 Å². The van der Waals surface area contributed by atoms with Gasteiger partial charge in [-0.05, 0) is 31.5 Å². The number of ether oxygens (including phenoxy) is 1. The summed E-state index contributed by atoms with van der Waals surface area (Å²) in [6, 6.07) is 9.90. The Bertz CT molecular complexity index is 339.